The molecular formula is C17H21N3O. The lowest BCUT2D eigenvalue weighted by molar-refractivity contribution is -0.122. The van der Waals surface area contributed by atoms with Gasteiger partial charge in [-0.25, -0.2) is 0 Å². The highest BCUT2D eigenvalue weighted by atomic mass is 16.1. The Hall–Kier alpha value is -2.07. The normalized spacial score (nSPS) is 18.9. The minimum atomic E-state index is -0.192. The van der Waals surface area contributed by atoms with Crippen molar-refractivity contribution in [1.82, 2.24) is 0 Å². The van der Waals surface area contributed by atoms with Gasteiger partial charge < -0.3 is 16.4 Å². The van der Waals surface area contributed by atoms with Crippen molar-refractivity contribution >= 4 is 22.4 Å². The van der Waals surface area contributed by atoms with E-state index in [0.717, 1.165) is 24.9 Å². The van der Waals surface area contributed by atoms with Crippen molar-refractivity contribution in [3.05, 3.63) is 42.0 Å². The minimum Gasteiger partial charge on any atom is -0.370 e. The van der Waals surface area contributed by atoms with Gasteiger partial charge in [-0.2, -0.15) is 0 Å². The summed E-state index contributed by atoms with van der Waals surface area (Å²) < 4.78 is 0. The van der Waals surface area contributed by atoms with Crippen LogP contribution in [0.4, 0.5) is 5.69 Å². The fourth-order valence-corrected chi connectivity index (χ4v) is 3.23. The zero-order valence-corrected chi connectivity index (χ0v) is 12.1. The third-order valence-corrected chi connectivity index (χ3v) is 4.38. The second-order valence-corrected chi connectivity index (χ2v) is 5.68. The van der Waals surface area contributed by atoms with E-state index in [1.807, 2.05) is 12.1 Å². The molecule has 2 aromatic rings. The van der Waals surface area contributed by atoms with Gasteiger partial charge in [0.1, 0.15) is 0 Å². The van der Waals surface area contributed by atoms with E-state index >= 15 is 0 Å². The molecule has 1 saturated heterocycles. The fraction of sp³-hybridized carbons (Fsp3) is 0.353. The number of benzene rings is 2. The first-order chi connectivity index (χ1) is 10.2. The predicted molar refractivity (Wildman–Crippen MR) is 86.0 cm³/mol. The van der Waals surface area contributed by atoms with Gasteiger partial charge in [0.25, 0.3) is 0 Å². The third-order valence-electron chi connectivity index (χ3n) is 4.38. The van der Waals surface area contributed by atoms with Crippen LogP contribution in [0.25, 0.3) is 10.8 Å². The molecule has 0 saturated carbocycles. The van der Waals surface area contributed by atoms with Crippen LogP contribution < -0.4 is 16.4 Å². The SMILES string of the molecule is NCc1ccc(N2CCCC(C(N)=O)C2)c2ccccc12. The maximum absolute atomic E-state index is 11.5. The summed E-state index contributed by atoms with van der Waals surface area (Å²) in [5, 5.41) is 2.39. The number of hydrogen-bond acceptors (Lipinski definition) is 3. The highest BCUT2D eigenvalue weighted by Crippen LogP contribution is 2.32. The molecule has 1 atom stereocenters. The van der Waals surface area contributed by atoms with Crippen molar-refractivity contribution in [2.24, 2.45) is 17.4 Å². The molecule has 3 rings (SSSR count). The number of fused-ring (bicyclic) bond motifs is 1. The average molecular weight is 283 g/mol. The van der Waals surface area contributed by atoms with Crippen molar-refractivity contribution < 1.29 is 4.79 Å². The molecule has 0 bridgehead atoms. The van der Waals surface area contributed by atoms with Gasteiger partial charge >= 0.3 is 0 Å². The third kappa shape index (κ3) is 2.59. The molecule has 1 heterocycles. The number of nitrogens with two attached hydrogens (primary N) is 2. The van der Waals surface area contributed by atoms with Crippen LogP contribution in [0.5, 0.6) is 0 Å². The Morgan fingerprint density at radius 3 is 2.67 bits per heavy atom. The van der Waals surface area contributed by atoms with E-state index in [-0.39, 0.29) is 11.8 Å². The zero-order valence-electron chi connectivity index (χ0n) is 12.1. The molecule has 1 aliphatic heterocycles. The van der Waals surface area contributed by atoms with Gasteiger partial charge in [-0.05, 0) is 29.9 Å². The second kappa shape index (κ2) is 5.74. The molecule has 4 heteroatoms. The summed E-state index contributed by atoms with van der Waals surface area (Å²) in [6.45, 7) is 2.21. The summed E-state index contributed by atoms with van der Waals surface area (Å²) in [5.74, 6) is -0.241. The molecule has 1 amide bonds. The standard InChI is InChI=1S/C17H21N3O/c18-10-12-7-8-16(15-6-2-1-5-14(12)15)20-9-3-4-13(11-20)17(19)21/h1-2,5-8,13H,3-4,9-11,18H2,(H2,19,21). The van der Waals surface area contributed by atoms with Gasteiger partial charge in [-0.1, -0.05) is 30.3 Å². The molecule has 2 aromatic carbocycles. The van der Waals surface area contributed by atoms with Crippen LogP contribution in [0.15, 0.2) is 36.4 Å². The van der Waals surface area contributed by atoms with Crippen molar-refractivity contribution in [1.29, 1.82) is 0 Å². The first-order valence-corrected chi connectivity index (χ1v) is 7.45. The lowest BCUT2D eigenvalue weighted by Gasteiger charge is -2.34. The number of piperidine rings is 1. The summed E-state index contributed by atoms with van der Waals surface area (Å²) in [6.07, 6.45) is 1.89. The van der Waals surface area contributed by atoms with E-state index in [1.54, 1.807) is 0 Å². The molecule has 21 heavy (non-hydrogen) atoms. The van der Waals surface area contributed by atoms with Crippen LogP contribution >= 0.6 is 0 Å². The summed E-state index contributed by atoms with van der Waals surface area (Å²) in [5.41, 5.74) is 13.6. The van der Waals surface area contributed by atoms with Crippen molar-refractivity contribution in [3.63, 3.8) is 0 Å². The fourth-order valence-electron chi connectivity index (χ4n) is 3.23. The largest absolute Gasteiger partial charge is 0.370 e. The van der Waals surface area contributed by atoms with E-state index in [1.165, 1.54) is 16.5 Å². The predicted octanol–water partition coefficient (Wildman–Crippen LogP) is 2.00. The average Bonchev–Trinajstić information content (AvgIpc) is 2.54. The number of hydrogen-bond donors (Lipinski definition) is 2. The van der Waals surface area contributed by atoms with Crippen molar-refractivity contribution in [2.75, 3.05) is 18.0 Å². The van der Waals surface area contributed by atoms with Gasteiger partial charge in [0.15, 0.2) is 0 Å². The van der Waals surface area contributed by atoms with E-state index in [9.17, 15) is 4.79 Å². The molecule has 0 spiro atoms. The van der Waals surface area contributed by atoms with Crippen LogP contribution in [0.2, 0.25) is 0 Å². The number of rotatable bonds is 3. The number of anilines is 1. The lowest BCUT2D eigenvalue weighted by atomic mass is 9.95. The molecule has 1 aliphatic rings. The van der Waals surface area contributed by atoms with E-state index < -0.39 is 0 Å². The first-order valence-electron chi connectivity index (χ1n) is 7.45. The molecular weight excluding hydrogens is 262 g/mol. The number of carbonyl (C=O) groups is 1. The molecule has 110 valence electrons. The van der Waals surface area contributed by atoms with Crippen LogP contribution in [-0.4, -0.2) is 19.0 Å². The molecule has 0 radical (unpaired) electrons. The van der Waals surface area contributed by atoms with E-state index in [2.05, 4.69) is 29.2 Å². The smallest absolute Gasteiger partial charge is 0.222 e. The Bertz CT molecular complexity index is 668. The Morgan fingerprint density at radius 2 is 1.95 bits per heavy atom. The lowest BCUT2D eigenvalue weighted by Crippen LogP contribution is -2.41. The maximum atomic E-state index is 11.5. The van der Waals surface area contributed by atoms with E-state index in [4.69, 9.17) is 11.5 Å². The summed E-state index contributed by atoms with van der Waals surface area (Å²) >= 11 is 0. The maximum Gasteiger partial charge on any atom is 0.222 e. The van der Waals surface area contributed by atoms with Gasteiger partial charge in [-0.3, -0.25) is 4.79 Å². The van der Waals surface area contributed by atoms with Gasteiger partial charge in [0.05, 0.1) is 5.92 Å². The Morgan fingerprint density at radius 1 is 1.19 bits per heavy atom. The van der Waals surface area contributed by atoms with Gasteiger partial charge in [0, 0.05) is 30.7 Å². The number of carbonyl (C=O) groups excluding carboxylic acids is 1. The number of nitrogens with zero attached hydrogens (tertiary/aromatic N) is 1. The monoisotopic (exact) mass is 283 g/mol. The highest BCUT2D eigenvalue weighted by Gasteiger charge is 2.25. The Labute approximate surface area is 124 Å². The number of amides is 1. The quantitative estimate of drug-likeness (QED) is 0.905. The highest BCUT2D eigenvalue weighted by molar-refractivity contribution is 5.96. The molecule has 0 aromatic heterocycles. The topological polar surface area (TPSA) is 72.3 Å². The second-order valence-electron chi connectivity index (χ2n) is 5.68. The molecule has 4 N–H and O–H groups in total. The van der Waals surface area contributed by atoms with Crippen molar-refractivity contribution in [2.45, 2.75) is 19.4 Å². The summed E-state index contributed by atoms with van der Waals surface area (Å²) in [7, 11) is 0. The summed E-state index contributed by atoms with van der Waals surface area (Å²) in [6, 6.07) is 12.5. The molecule has 1 unspecified atom stereocenters. The van der Waals surface area contributed by atoms with E-state index in [0.29, 0.717) is 13.1 Å². The van der Waals surface area contributed by atoms with Crippen molar-refractivity contribution in [3.8, 4) is 0 Å². The van der Waals surface area contributed by atoms with Crippen LogP contribution in [0.1, 0.15) is 18.4 Å². The van der Waals surface area contributed by atoms with Crippen LogP contribution in [-0.2, 0) is 11.3 Å². The Kier molecular flexibility index (Phi) is 3.80. The minimum absolute atomic E-state index is 0.0494. The van der Waals surface area contributed by atoms with Crippen LogP contribution in [0, 0.1) is 5.92 Å². The number of primary amides is 1. The first kappa shape index (κ1) is 13.9. The van der Waals surface area contributed by atoms with Gasteiger partial charge in [0.2, 0.25) is 5.91 Å². The molecule has 1 fully saturated rings. The van der Waals surface area contributed by atoms with Crippen LogP contribution in [0.3, 0.4) is 0 Å². The zero-order chi connectivity index (χ0) is 14.8. The molecule has 0 aliphatic carbocycles. The summed E-state index contributed by atoms with van der Waals surface area (Å²) in [4.78, 5) is 13.8. The Balaban J connectivity index is 2.02. The molecule has 4 nitrogen and oxygen atoms in total. The van der Waals surface area contributed by atoms with Gasteiger partial charge in [-0.15, -0.1) is 0 Å².